The van der Waals surface area contributed by atoms with Gasteiger partial charge in [0.1, 0.15) is 0 Å². The standard InChI is InChI=1S/C29H30ClNO3S.C4H10.C2H6/c1-5-8-23(11-16-27-17-13-25-12-15-26(30)20-28(25)31-27)19-22(3)29(34-35(4,32)33)18-14-24-10-7-6-9-21(24)2;1-4(2)3;1-2/h5-13,15-17,19-20,29H,1,14,18H2,2-4H3;4H,1-3H3;1-2H3/b16-11+,22-19+,23-8-;;. The van der Waals surface area contributed by atoms with E-state index in [9.17, 15) is 8.42 Å². The van der Waals surface area contributed by atoms with Gasteiger partial charge in [0.05, 0.1) is 23.6 Å². The van der Waals surface area contributed by atoms with Crippen LogP contribution in [0.4, 0.5) is 0 Å². The van der Waals surface area contributed by atoms with Crippen LogP contribution in [0.25, 0.3) is 17.0 Å². The van der Waals surface area contributed by atoms with Gasteiger partial charge in [0.25, 0.3) is 10.1 Å². The monoisotopic (exact) mass is 595 g/mol. The zero-order valence-electron chi connectivity index (χ0n) is 25.8. The molecule has 3 aromatic rings. The Kier molecular flexibility index (Phi) is 16.2. The van der Waals surface area contributed by atoms with E-state index >= 15 is 0 Å². The molecule has 222 valence electrons. The molecule has 0 bridgehead atoms. The second kappa shape index (κ2) is 18.4. The van der Waals surface area contributed by atoms with Crippen molar-refractivity contribution in [3.63, 3.8) is 0 Å². The zero-order chi connectivity index (χ0) is 31.0. The average molecular weight is 596 g/mol. The Labute approximate surface area is 253 Å². The van der Waals surface area contributed by atoms with Crippen molar-refractivity contribution in [1.82, 2.24) is 4.98 Å². The summed E-state index contributed by atoms with van der Waals surface area (Å²) in [6.07, 6.45) is 11.0. The highest BCUT2D eigenvalue weighted by Gasteiger charge is 2.18. The lowest BCUT2D eigenvalue weighted by atomic mass is 9.98. The van der Waals surface area contributed by atoms with Crippen LogP contribution in [0.5, 0.6) is 0 Å². The van der Waals surface area contributed by atoms with Crippen LogP contribution in [-0.4, -0.2) is 25.8 Å². The zero-order valence-corrected chi connectivity index (χ0v) is 27.4. The molecule has 1 unspecified atom stereocenters. The Hall–Kier alpha value is -2.99. The first-order valence-corrected chi connectivity index (χ1v) is 16.3. The minimum atomic E-state index is -3.63. The van der Waals surface area contributed by atoms with E-state index in [1.54, 1.807) is 6.08 Å². The van der Waals surface area contributed by atoms with Gasteiger partial charge in [-0.05, 0) is 79.2 Å². The number of hydrogen-bond donors (Lipinski definition) is 0. The Balaban J connectivity index is 0.00000129. The predicted octanol–water partition coefficient (Wildman–Crippen LogP) is 9.93. The van der Waals surface area contributed by atoms with Gasteiger partial charge < -0.3 is 0 Å². The molecule has 1 heterocycles. The molecule has 3 rings (SSSR count). The average Bonchev–Trinajstić information content (AvgIpc) is 2.90. The normalized spacial score (nSPS) is 12.9. The molecule has 0 aliphatic heterocycles. The van der Waals surface area contributed by atoms with Gasteiger partial charge in [-0.25, -0.2) is 4.98 Å². The first-order valence-electron chi connectivity index (χ1n) is 14.1. The highest BCUT2D eigenvalue weighted by Crippen LogP contribution is 2.22. The topological polar surface area (TPSA) is 56.3 Å². The molecule has 6 heteroatoms. The summed E-state index contributed by atoms with van der Waals surface area (Å²) >= 11 is 6.11. The Morgan fingerprint density at radius 2 is 1.71 bits per heavy atom. The van der Waals surface area contributed by atoms with Crippen molar-refractivity contribution in [2.24, 2.45) is 5.92 Å². The van der Waals surface area contributed by atoms with Crippen LogP contribution >= 0.6 is 11.6 Å². The van der Waals surface area contributed by atoms with E-state index in [2.05, 4.69) is 51.4 Å². The molecule has 0 aliphatic rings. The summed E-state index contributed by atoms with van der Waals surface area (Å²) in [6.45, 7) is 18.2. The number of halogens is 1. The van der Waals surface area contributed by atoms with Gasteiger partial charge in [0.2, 0.25) is 0 Å². The van der Waals surface area contributed by atoms with E-state index in [-0.39, 0.29) is 0 Å². The van der Waals surface area contributed by atoms with Crippen LogP contribution < -0.4 is 0 Å². The van der Waals surface area contributed by atoms with Crippen molar-refractivity contribution in [2.75, 3.05) is 6.26 Å². The molecule has 1 aromatic heterocycles. The fraction of sp³-hybridized carbons (Fsp3) is 0.343. The van der Waals surface area contributed by atoms with Gasteiger partial charge in [-0.1, -0.05) is 114 Å². The molecule has 41 heavy (non-hydrogen) atoms. The first kappa shape index (κ1) is 36.0. The number of fused-ring (bicyclic) bond motifs is 1. The van der Waals surface area contributed by atoms with Crippen molar-refractivity contribution in [2.45, 2.75) is 67.4 Å². The second-order valence-corrected chi connectivity index (χ2v) is 12.2. The van der Waals surface area contributed by atoms with Gasteiger partial charge in [-0.2, -0.15) is 8.42 Å². The number of nitrogens with zero attached hydrogens (tertiary/aromatic N) is 1. The SMILES string of the molecule is C=C/C=C(/C=C/c1ccc2ccc(Cl)cc2n1)\C=C(/C)C(CCc1ccccc1C)OS(C)(=O)=O.CC.CC(C)C. The number of aromatic nitrogens is 1. The van der Waals surface area contributed by atoms with Crippen molar-refractivity contribution in [3.05, 3.63) is 118 Å². The number of aryl methyl sites for hydroxylation is 2. The van der Waals surface area contributed by atoms with E-state index < -0.39 is 16.2 Å². The van der Waals surface area contributed by atoms with Gasteiger partial charge in [0, 0.05) is 10.4 Å². The van der Waals surface area contributed by atoms with Crippen molar-refractivity contribution < 1.29 is 12.6 Å². The summed E-state index contributed by atoms with van der Waals surface area (Å²) in [4.78, 5) is 4.65. The largest absolute Gasteiger partial charge is 0.264 e. The molecule has 0 spiro atoms. The molecule has 0 saturated heterocycles. The van der Waals surface area contributed by atoms with Crippen molar-refractivity contribution in [3.8, 4) is 0 Å². The maximum Gasteiger partial charge on any atom is 0.264 e. The third-order valence-corrected chi connectivity index (χ3v) is 6.38. The highest BCUT2D eigenvalue weighted by atomic mass is 35.5. The van der Waals surface area contributed by atoms with E-state index in [0.717, 1.165) is 39.9 Å². The van der Waals surface area contributed by atoms with E-state index in [1.807, 2.05) is 87.5 Å². The third-order valence-electron chi connectivity index (χ3n) is 5.56. The molecule has 0 saturated carbocycles. The van der Waals surface area contributed by atoms with Crippen LogP contribution in [-0.2, 0) is 20.7 Å². The van der Waals surface area contributed by atoms with Crippen molar-refractivity contribution in [1.29, 1.82) is 0 Å². The molecule has 4 nitrogen and oxygen atoms in total. The summed E-state index contributed by atoms with van der Waals surface area (Å²) in [6, 6.07) is 17.6. The highest BCUT2D eigenvalue weighted by molar-refractivity contribution is 7.86. The smallest absolute Gasteiger partial charge is 0.262 e. The maximum absolute atomic E-state index is 12.0. The maximum atomic E-state index is 12.0. The van der Waals surface area contributed by atoms with E-state index in [1.165, 1.54) is 11.1 Å². The molecular formula is C35H46ClNO3S. The number of rotatable bonds is 10. The first-order chi connectivity index (χ1) is 19.4. The van der Waals surface area contributed by atoms with Crippen molar-refractivity contribution >= 4 is 38.7 Å². The van der Waals surface area contributed by atoms with Crippen LogP contribution in [0.1, 0.15) is 64.8 Å². The molecule has 1 atom stereocenters. The van der Waals surface area contributed by atoms with Gasteiger partial charge in [0.15, 0.2) is 0 Å². The molecule has 0 fully saturated rings. The third kappa shape index (κ3) is 14.5. The molecule has 2 aromatic carbocycles. The Bertz CT molecular complexity index is 1450. The summed E-state index contributed by atoms with van der Waals surface area (Å²) in [7, 11) is -3.63. The van der Waals surface area contributed by atoms with Crippen LogP contribution in [0, 0.1) is 12.8 Å². The second-order valence-electron chi connectivity index (χ2n) is 10.2. The summed E-state index contributed by atoms with van der Waals surface area (Å²) in [5.41, 5.74) is 5.60. The number of allylic oxidation sites excluding steroid dienone is 5. The Morgan fingerprint density at radius 1 is 1.07 bits per heavy atom. The fourth-order valence-corrected chi connectivity index (χ4v) is 4.60. The summed E-state index contributed by atoms with van der Waals surface area (Å²) in [5, 5.41) is 1.65. The van der Waals surface area contributed by atoms with Gasteiger partial charge in [-0.3, -0.25) is 4.18 Å². The fourth-order valence-electron chi connectivity index (χ4n) is 3.76. The van der Waals surface area contributed by atoms with Crippen LogP contribution in [0.2, 0.25) is 5.02 Å². The predicted molar refractivity (Wildman–Crippen MR) is 179 cm³/mol. The van der Waals surface area contributed by atoms with Gasteiger partial charge >= 0.3 is 0 Å². The van der Waals surface area contributed by atoms with Gasteiger partial charge in [-0.15, -0.1) is 0 Å². The van der Waals surface area contributed by atoms with Crippen LogP contribution in [0.15, 0.2) is 96.6 Å². The molecule has 0 radical (unpaired) electrons. The number of pyridine rings is 1. The quantitative estimate of drug-likeness (QED) is 0.173. The molecule has 0 N–H and O–H groups in total. The minimum absolute atomic E-state index is 0.540. The lowest BCUT2D eigenvalue weighted by Crippen LogP contribution is -2.20. The number of benzene rings is 2. The molecule has 0 amide bonds. The van der Waals surface area contributed by atoms with E-state index in [0.29, 0.717) is 17.9 Å². The minimum Gasteiger partial charge on any atom is -0.262 e. The van der Waals surface area contributed by atoms with Crippen LogP contribution in [0.3, 0.4) is 0 Å². The summed E-state index contributed by atoms with van der Waals surface area (Å²) < 4.78 is 29.4. The molecular weight excluding hydrogens is 550 g/mol. The molecule has 0 aliphatic carbocycles. The Morgan fingerprint density at radius 3 is 2.32 bits per heavy atom. The summed E-state index contributed by atoms with van der Waals surface area (Å²) in [5.74, 6) is 0.833. The lowest BCUT2D eigenvalue weighted by Gasteiger charge is -2.18. The number of hydrogen-bond acceptors (Lipinski definition) is 4. The lowest BCUT2D eigenvalue weighted by molar-refractivity contribution is 0.236. The van der Waals surface area contributed by atoms with E-state index in [4.69, 9.17) is 15.8 Å².